The maximum Gasteiger partial charge on any atom is 0.350 e. The summed E-state index contributed by atoms with van der Waals surface area (Å²) in [6.07, 6.45) is 9.53. The van der Waals surface area contributed by atoms with E-state index in [9.17, 15) is 14.4 Å². The first-order valence-corrected chi connectivity index (χ1v) is 9.93. The van der Waals surface area contributed by atoms with Crippen LogP contribution in [0.4, 0.5) is 4.79 Å². The van der Waals surface area contributed by atoms with Crippen LogP contribution in [0.1, 0.15) is 25.7 Å². The summed E-state index contributed by atoms with van der Waals surface area (Å²) in [5.41, 5.74) is 0.739. The zero-order valence-electron chi connectivity index (χ0n) is 16.4. The second-order valence-corrected chi connectivity index (χ2v) is 7.25. The van der Waals surface area contributed by atoms with E-state index in [0.717, 1.165) is 31.0 Å². The van der Waals surface area contributed by atoms with Crippen molar-refractivity contribution in [2.24, 2.45) is 10.9 Å². The molecule has 3 rings (SSSR count). The molecule has 3 aliphatic rings. The quantitative estimate of drug-likeness (QED) is 0.630. The minimum atomic E-state index is -0.620. The Morgan fingerprint density at radius 3 is 2.79 bits per heavy atom. The number of amides is 4. The maximum atomic E-state index is 12.5. The molecule has 2 heterocycles. The molecule has 1 aliphatic carbocycles. The number of methoxy groups -OCH3 is 1. The van der Waals surface area contributed by atoms with Gasteiger partial charge in [0.25, 0.3) is 5.91 Å². The molecule has 1 unspecified atom stereocenters. The Bertz CT molecular complexity index is 707. The Hall–Kier alpha value is -2.32. The number of carbonyl (C=O) groups is 3. The normalized spacial score (nSPS) is 22.6. The molecule has 0 saturated carbocycles. The van der Waals surface area contributed by atoms with Crippen molar-refractivity contribution in [3.05, 3.63) is 23.8 Å². The topological polar surface area (TPSA) is 91.3 Å². The van der Waals surface area contributed by atoms with Gasteiger partial charge in [-0.1, -0.05) is 18.6 Å². The van der Waals surface area contributed by atoms with Gasteiger partial charge in [0.1, 0.15) is 0 Å². The number of ether oxygens (including phenoxy) is 1. The molecule has 0 aromatic carbocycles. The molecule has 152 valence electrons. The summed E-state index contributed by atoms with van der Waals surface area (Å²) in [6, 6.07) is -0.610. The molecule has 1 saturated heterocycles. The molecule has 2 aliphatic heterocycles. The molecule has 0 spiro atoms. The second-order valence-electron chi connectivity index (χ2n) is 7.25. The van der Waals surface area contributed by atoms with Gasteiger partial charge in [-0.05, 0) is 45.0 Å². The Kier molecular flexibility index (Phi) is 7.11. The van der Waals surface area contributed by atoms with Gasteiger partial charge in [-0.25, -0.2) is 4.79 Å². The molecule has 28 heavy (non-hydrogen) atoms. The average Bonchev–Trinajstić information content (AvgIpc) is 2.71. The van der Waals surface area contributed by atoms with Crippen LogP contribution in [-0.4, -0.2) is 79.8 Å². The number of hydrogen-bond acceptors (Lipinski definition) is 5. The van der Waals surface area contributed by atoms with Crippen molar-refractivity contribution in [2.75, 3.05) is 46.4 Å². The van der Waals surface area contributed by atoms with Crippen LogP contribution in [-0.2, 0) is 14.3 Å². The van der Waals surface area contributed by atoms with E-state index < -0.39 is 11.9 Å². The van der Waals surface area contributed by atoms with Gasteiger partial charge in [-0.15, -0.1) is 0 Å². The van der Waals surface area contributed by atoms with E-state index in [1.807, 2.05) is 0 Å². The van der Waals surface area contributed by atoms with E-state index in [2.05, 4.69) is 15.2 Å². The number of piperidine rings is 1. The highest BCUT2D eigenvalue weighted by Gasteiger charge is 2.36. The third kappa shape index (κ3) is 4.94. The molecular weight excluding hydrogens is 360 g/mol. The first-order valence-electron chi connectivity index (χ1n) is 9.93. The van der Waals surface area contributed by atoms with Gasteiger partial charge >= 0.3 is 6.03 Å². The summed E-state index contributed by atoms with van der Waals surface area (Å²) >= 11 is 0. The third-order valence-corrected chi connectivity index (χ3v) is 5.24. The number of nitrogens with one attached hydrogen (secondary N) is 1. The Labute approximate surface area is 165 Å². The number of nitrogens with zero attached hydrogens (tertiary/aromatic N) is 3. The second kappa shape index (κ2) is 9.75. The smallest absolute Gasteiger partial charge is 0.350 e. The number of fused-ring (bicyclic) bond motifs is 1. The van der Waals surface area contributed by atoms with Crippen LogP contribution in [0.15, 0.2) is 28.8 Å². The molecule has 0 bridgehead atoms. The molecule has 0 aromatic heterocycles. The number of likely N-dealkylation sites (tertiary alicyclic amines) is 1. The summed E-state index contributed by atoms with van der Waals surface area (Å²) < 4.78 is 4.93. The molecule has 1 N–H and O–H groups in total. The van der Waals surface area contributed by atoms with Gasteiger partial charge in [0.2, 0.25) is 5.91 Å². The Morgan fingerprint density at radius 2 is 2.04 bits per heavy atom. The number of hydrogen-bond donors (Lipinski definition) is 1. The molecule has 0 aromatic rings. The first kappa shape index (κ1) is 20.4. The van der Waals surface area contributed by atoms with Crippen molar-refractivity contribution in [2.45, 2.75) is 25.7 Å². The van der Waals surface area contributed by atoms with E-state index in [0.29, 0.717) is 17.8 Å². The molecule has 8 heteroatoms. The SMILES string of the molecule is COCCN1C(=O)N=C2C=C(C(=O)NCCCN3CCCCC3)C=CC2C1=O. The van der Waals surface area contributed by atoms with Crippen LogP contribution in [0.2, 0.25) is 0 Å². The fourth-order valence-corrected chi connectivity index (χ4v) is 3.66. The van der Waals surface area contributed by atoms with Crippen molar-refractivity contribution < 1.29 is 19.1 Å². The van der Waals surface area contributed by atoms with Crippen molar-refractivity contribution in [3.63, 3.8) is 0 Å². The lowest BCUT2D eigenvalue weighted by Crippen LogP contribution is -2.47. The van der Waals surface area contributed by atoms with E-state index in [-0.39, 0.29) is 25.0 Å². The zero-order valence-corrected chi connectivity index (χ0v) is 16.4. The van der Waals surface area contributed by atoms with Gasteiger partial charge < -0.3 is 15.0 Å². The zero-order chi connectivity index (χ0) is 19.9. The first-order chi connectivity index (χ1) is 13.6. The minimum Gasteiger partial charge on any atom is -0.383 e. The average molecular weight is 388 g/mol. The summed E-state index contributed by atoms with van der Waals surface area (Å²) in [7, 11) is 1.51. The standard InChI is InChI=1S/C20H28N4O4/c1-28-13-12-24-19(26)16-7-6-15(14-17(16)22-20(24)27)18(25)21-8-5-11-23-9-3-2-4-10-23/h6-7,14,16H,2-5,8-13H2,1H3,(H,21,25). The predicted octanol–water partition coefficient (Wildman–Crippen LogP) is 1.14. The molecule has 1 atom stereocenters. The Balaban J connectivity index is 1.52. The largest absolute Gasteiger partial charge is 0.383 e. The minimum absolute atomic E-state index is 0.170. The van der Waals surface area contributed by atoms with E-state index >= 15 is 0 Å². The lowest BCUT2D eigenvalue weighted by molar-refractivity contribution is -0.130. The number of allylic oxidation sites excluding steroid dienone is 1. The molecule has 0 radical (unpaired) electrons. The van der Waals surface area contributed by atoms with Gasteiger partial charge in [0, 0.05) is 19.2 Å². The van der Waals surface area contributed by atoms with Crippen LogP contribution in [0.3, 0.4) is 0 Å². The van der Waals surface area contributed by atoms with Gasteiger partial charge in [-0.3, -0.25) is 14.5 Å². The summed E-state index contributed by atoms with van der Waals surface area (Å²) in [5.74, 6) is -1.16. The molecule has 1 fully saturated rings. The van der Waals surface area contributed by atoms with Crippen LogP contribution in [0.25, 0.3) is 0 Å². The third-order valence-electron chi connectivity index (χ3n) is 5.24. The molecule has 8 nitrogen and oxygen atoms in total. The number of aliphatic imine (C=N–C) groups is 1. The van der Waals surface area contributed by atoms with Crippen molar-refractivity contribution in [1.29, 1.82) is 0 Å². The van der Waals surface area contributed by atoms with Crippen LogP contribution >= 0.6 is 0 Å². The number of imide groups is 1. The highest BCUT2D eigenvalue weighted by molar-refractivity contribution is 6.23. The maximum absolute atomic E-state index is 12.5. The fraction of sp³-hybridized carbons (Fsp3) is 0.600. The van der Waals surface area contributed by atoms with E-state index in [4.69, 9.17) is 4.74 Å². The molecule has 4 amide bonds. The van der Waals surface area contributed by atoms with Gasteiger partial charge in [0.15, 0.2) is 0 Å². The number of carbonyl (C=O) groups excluding carboxylic acids is 3. The number of rotatable bonds is 8. The Morgan fingerprint density at radius 1 is 1.25 bits per heavy atom. The summed E-state index contributed by atoms with van der Waals surface area (Å²) in [6.45, 7) is 4.31. The van der Waals surface area contributed by atoms with Gasteiger partial charge in [0.05, 0.1) is 24.8 Å². The van der Waals surface area contributed by atoms with Crippen molar-refractivity contribution in [3.8, 4) is 0 Å². The van der Waals surface area contributed by atoms with Crippen LogP contribution in [0.5, 0.6) is 0 Å². The van der Waals surface area contributed by atoms with Gasteiger partial charge in [-0.2, -0.15) is 4.99 Å². The summed E-state index contributed by atoms with van der Waals surface area (Å²) in [5, 5.41) is 2.91. The monoisotopic (exact) mass is 388 g/mol. The predicted molar refractivity (Wildman–Crippen MR) is 105 cm³/mol. The lowest BCUT2D eigenvalue weighted by Gasteiger charge is -2.28. The van der Waals surface area contributed by atoms with Crippen LogP contribution in [0, 0.1) is 5.92 Å². The highest BCUT2D eigenvalue weighted by Crippen LogP contribution is 2.22. The molecular formula is C20H28N4O4. The fourth-order valence-electron chi connectivity index (χ4n) is 3.66. The van der Waals surface area contributed by atoms with E-state index in [1.165, 1.54) is 32.4 Å². The number of urea groups is 1. The van der Waals surface area contributed by atoms with Crippen molar-refractivity contribution in [1.82, 2.24) is 15.1 Å². The van der Waals surface area contributed by atoms with Crippen LogP contribution < -0.4 is 5.32 Å². The lowest BCUT2D eigenvalue weighted by atomic mass is 9.91. The highest BCUT2D eigenvalue weighted by atomic mass is 16.5. The van der Waals surface area contributed by atoms with Crippen molar-refractivity contribution >= 4 is 23.6 Å². The summed E-state index contributed by atoms with van der Waals surface area (Å²) in [4.78, 5) is 44.5. The van der Waals surface area contributed by atoms with E-state index in [1.54, 1.807) is 12.2 Å².